The number of anilines is 1. The Bertz CT molecular complexity index is 926. The van der Waals surface area contributed by atoms with Crippen molar-refractivity contribution in [1.29, 1.82) is 0 Å². The van der Waals surface area contributed by atoms with Crippen molar-refractivity contribution in [2.24, 2.45) is 0 Å². The summed E-state index contributed by atoms with van der Waals surface area (Å²) in [6, 6.07) is 26.1. The van der Waals surface area contributed by atoms with E-state index in [1.54, 1.807) is 0 Å². The molecule has 2 nitrogen and oxygen atoms in total. The Balaban J connectivity index is 1.66. The lowest BCUT2D eigenvalue weighted by Crippen LogP contribution is -2.33. The van der Waals surface area contributed by atoms with Gasteiger partial charge < -0.3 is 9.80 Å². The summed E-state index contributed by atoms with van der Waals surface area (Å²) in [5.74, 6) is 0. The first-order valence-corrected chi connectivity index (χ1v) is 9.08. The molecule has 0 saturated carbocycles. The van der Waals surface area contributed by atoms with Crippen LogP contribution in [0.25, 0.3) is 22.3 Å². The van der Waals surface area contributed by atoms with Gasteiger partial charge in [0, 0.05) is 25.1 Å². The zero-order valence-corrected chi connectivity index (χ0v) is 15.6. The third kappa shape index (κ3) is 2.99. The topological polar surface area (TPSA) is 6.48 Å². The van der Waals surface area contributed by atoms with Crippen LogP contribution < -0.4 is 4.90 Å². The molecule has 1 aliphatic rings. The van der Waals surface area contributed by atoms with E-state index in [1.165, 1.54) is 33.5 Å². The maximum atomic E-state index is 2.33. The average Bonchev–Trinajstić information content (AvgIpc) is 3.02. The van der Waals surface area contributed by atoms with Crippen LogP contribution in [-0.4, -0.2) is 18.1 Å². The van der Waals surface area contributed by atoms with E-state index in [0.717, 1.165) is 0 Å². The molecule has 0 aliphatic carbocycles. The molecule has 3 aromatic rings. The van der Waals surface area contributed by atoms with Gasteiger partial charge >= 0.3 is 0 Å². The monoisotopic (exact) mass is 340 g/mol. The van der Waals surface area contributed by atoms with Gasteiger partial charge in [0.15, 0.2) is 0 Å². The van der Waals surface area contributed by atoms with E-state index >= 15 is 0 Å². The van der Waals surface area contributed by atoms with Crippen LogP contribution in [0.2, 0.25) is 0 Å². The second-order valence-electron chi connectivity index (χ2n) is 6.95. The molecule has 1 aliphatic heterocycles. The van der Waals surface area contributed by atoms with Crippen LogP contribution in [0.15, 0.2) is 85.2 Å². The fourth-order valence-corrected chi connectivity index (χ4v) is 3.46. The largest absolute Gasteiger partial charge is 0.359 e. The molecule has 0 radical (unpaired) electrons. The highest BCUT2D eigenvalue weighted by Gasteiger charge is 2.21. The fourth-order valence-electron chi connectivity index (χ4n) is 3.46. The normalized spacial score (nSPS) is 16.3. The van der Waals surface area contributed by atoms with Crippen molar-refractivity contribution in [3.63, 3.8) is 0 Å². The molecule has 26 heavy (non-hydrogen) atoms. The van der Waals surface area contributed by atoms with E-state index in [1.807, 2.05) is 0 Å². The summed E-state index contributed by atoms with van der Waals surface area (Å²) in [6.45, 7) is 4.40. The number of nitrogens with zero attached hydrogens (tertiary/aromatic N) is 2. The van der Waals surface area contributed by atoms with Crippen LogP contribution >= 0.6 is 0 Å². The summed E-state index contributed by atoms with van der Waals surface area (Å²) in [5.41, 5.74) is 7.56. The van der Waals surface area contributed by atoms with Crippen molar-refractivity contribution in [1.82, 2.24) is 4.90 Å². The van der Waals surface area contributed by atoms with Gasteiger partial charge in [0.2, 0.25) is 0 Å². The molecule has 3 aromatic carbocycles. The Hall–Kier alpha value is -3.00. The number of rotatable bonds is 3. The molecule has 0 bridgehead atoms. The Morgan fingerprint density at radius 3 is 1.88 bits per heavy atom. The molecule has 1 unspecified atom stereocenters. The van der Waals surface area contributed by atoms with Gasteiger partial charge in [-0.15, -0.1) is 0 Å². The van der Waals surface area contributed by atoms with E-state index in [0.29, 0.717) is 6.17 Å². The van der Waals surface area contributed by atoms with E-state index in [-0.39, 0.29) is 0 Å². The van der Waals surface area contributed by atoms with Crippen molar-refractivity contribution in [3.05, 3.63) is 90.8 Å². The molecule has 0 fully saturated rings. The van der Waals surface area contributed by atoms with Crippen molar-refractivity contribution in [2.75, 3.05) is 11.9 Å². The molecular weight excluding hydrogens is 316 g/mol. The van der Waals surface area contributed by atoms with Crippen LogP contribution in [0.1, 0.15) is 12.5 Å². The lowest BCUT2D eigenvalue weighted by Gasteiger charge is -2.28. The second-order valence-corrected chi connectivity index (χ2v) is 6.95. The van der Waals surface area contributed by atoms with Crippen molar-refractivity contribution < 1.29 is 0 Å². The summed E-state index contributed by atoms with van der Waals surface area (Å²) in [5, 5.41) is 0. The van der Waals surface area contributed by atoms with Crippen molar-refractivity contribution in [2.45, 2.75) is 20.0 Å². The molecule has 0 aromatic heterocycles. The van der Waals surface area contributed by atoms with Gasteiger partial charge in [-0.05, 0) is 47.7 Å². The quantitative estimate of drug-likeness (QED) is 0.586. The summed E-state index contributed by atoms with van der Waals surface area (Å²) in [4.78, 5) is 4.55. The Kier molecular flexibility index (Phi) is 4.26. The van der Waals surface area contributed by atoms with Crippen molar-refractivity contribution in [3.8, 4) is 22.3 Å². The third-order valence-electron chi connectivity index (χ3n) is 5.27. The highest BCUT2D eigenvalue weighted by atomic mass is 15.4. The zero-order chi connectivity index (χ0) is 18.1. The number of hydrogen-bond acceptors (Lipinski definition) is 2. The van der Waals surface area contributed by atoms with Crippen LogP contribution in [0.3, 0.4) is 0 Å². The molecule has 0 spiro atoms. The standard InChI is InChI=1S/C24H24N2/c1-18-9-10-23(17-24(18)26-16-15-25(3)19(26)2)22-13-11-21(12-14-22)20-7-5-4-6-8-20/h4-17,19H,1-3H3. The third-order valence-corrected chi connectivity index (χ3v) is 5.27. The van der Waals surface area contributed by atoms with Crippen LogP contribution in [0, 0.1) is 6.92 Å². The summed E-state index contributed by atoms with van der Waals surface area (Å²) >= 11 is 0. The van der Waals surface area contributed by atoms with Crippen LogP contribution in [0.4, 0.5) is 5.69 Å². The van der Waals surface area contributed by atoms with Gasteiger partial charge in [-0.2, -0.15) is 0 Å². The Labute approximate surface area is 156 Å². The maximum absolute atomic E-state index is 2.33. The summed E-state index contributed by atoms with van der Waals surface area (Å²) < 4.78 is 0. The predicted molar refractivity (Wildman–Crippen MR) is 111 cm³/mol. The predicted octanol–water partition coefficient (Wildman–Crippen LogP) is 5.90. The zero-order valence-electron chi connectivity index (χ0n) is 15.6. The first-order chi connectivity index (χ1) is 12.6. The number of aryl methyl sites for hydroxylation is 1. The highest BCUT2D eigenvalue weighted by molar-refractivity contribution is 5.74. The molecule has 0 saturated heterocycles. The minimum atomic E-state index is 0.337. The molecule has 1 atom stereocenters. The second kappa shape index (κ2) is 6.72. The van der Waals surface area contributed by atoms with Gasteiger partial charge in [-0.25, -0.2) is 0 Å². The molecule has 0 amide bonds. The SMILES string of the molecule is Cc1ccc(-c2ccc(-c3ccccc3)cc2)cc1N1C=CN(C)C1C. The van der Waals surface area contributed by atoms with Crippen LogP contribution in [-0.2, 0) is 0 Å². The molecule has 130 valence electrons. The van der Waals surface area contributed by atoms with Gasteiger partial charge in [0.25, 0.3) is 0 Å². The number of hydrogen-bond donors (Lipinski definition) is 0. The molecule has 4 rings (SSSR count). The lowest BCUT2D eigenvalue weighted by atomic mass is 9.99. The van der Waals surface area contributed by atoms with E-state index in [2.05, 4.69) is 116 Å². The van der Waals surface area contributed by atoms with Gasteiger partial charge in [0.1, 0.15) is 6.17 Å². The molecule has 1 heterocycles. The fraction of sp³-hybridized carbons (Fsp3) is 0.167. The Morgan fingerprint density at radius 1 is 0.692 bits per heavy atom. The van der Waals surface area contributed by atoms with Crippen LogP contribution in [0.5, 0.6) is 0 Å². The molecule has 2 heteroatoms. The summed E-state index contributed by atoms with van der Waals surface area (Å²) in [7, 11) is 2.11. The van der Waals surface area contributed by atoms with Crippen molar-refractivity contribution >= 4 is 5.69 Å². The summed E-state index contributed by atoms with van der Waals surface area (Å²) in [6.07, 6.45) is 4.63. The van der Waals surface area contributed by atoms with Gasteiger partial charge in [-0.1, -0.05) is 66.7 Å². The highest BCUT2D eigenvalue weighted by Crippen LogP contribution is 2.32. The van der Waals surface area contributed by atoms with E-state index < -0.39 is 0 Å². The molecule has 0 N–H and O–H groups in total. The lowest BCUT2D eigenvalue weighted by molar-refractivity contribution is 0.383. The van der Waals surface area contributed by atoms with E-state index in [9.17, 15) is 0 Å². The molecular formula is C24H24N2. The first-order valence-electron chi connectivity index (χ1n) is 9.08. The average molecular weight is 340 g/mol. The Morgan fingerprint density at radius 2 is 1.27 bits per heavy atom. The van der Waals surface area contributed by atoms with Gasteiger partial charge in [-0.3, -0.25) is 0 Å². The van der Waals surface area contributed by atoms with E-state index in [4.69, 9.17) is 0 Å². The minimum absolute atomic E-state index is 0.337. The minimum Gasteiger partial charge on any atom is -0.359 e. The smallest absolute Gasteiger partial charge is 0.102 e. The number of benzene rings is 3. The maximum Gasteiger partial charge on any atom is 0.102 e. The first kappa shape index (κ1) is 16.5. The van der Waals surface area contributed by atoms with Gasteiger partial charge in [0.05, 0.1) is 0 Å².